The van der Waals surface area contributed by atoms with Gasteiger partial charge in [-0.1, -0.05) is 24.3 Å². The summed E-state index contributed by atoms with van der Waals surface area (Å²) >= 11 is 0. The predicted molar refractivity (Wildman–Crippen MR) is 151 cm³/mol. The van der Waals surface area contributed by atoms with E-state index in [2.05, 4.69) is 90.9 Å². The number of pyridine rings is 1. The number of benzene rings is 3. The third-order valence-electron chi connectivity index (χ3n) is 7.10. The van der Waals surface area contributed by atoms with Gasteiger partial charge in [-0.25, -0.2) is 0 Å². The smallest absolute Gasteiger partial charge is 0.510 e. The summed E-state index contributed by atoms with van der Waals surface area (Å²) in [6.07, 6.45) is 7.63. The summed E-state index contributed by atoms with van der Waals surface area (Å²) < 4.78 is 6.39. The molecule has 0 bridgehead atoms. The molecule has 6 nitrogen and oxygen atoms in total. The number of para-hydroxylation sites is 1. The van der Waals surface area contributed by atoms with Crippen molar-refractivity contribution in [1.29, 1.82) is 0 Å². The molecule has 0 N–H and O–H groups in total. The van der Waals surface area contributed by atoms with Gasteiger partial charge in [-0.3, -0.25) is 4.98 Å². The van der Waals surface area contributed by atoms with Gasteiger partial charge in [-0.15, -0.1) is 53.3 Å². The number of ether oxygens (including phenoxy) is 1. The van der Waals surface area contributed by atoms with E-state index >= 15 is 0 Å². The number of nitrogens with zero attached hydrogens (tertiary/aromatic N) is 5. The predicted octanol–water partition coefficient (Wildman–Crippen LogP) is 6.92. The van der Waals surface area contributed by atoms with Crippen molar-refractivity contribution in [2.45, 2.75) is 19.4 Å². The quantitative estimate of drug-likeness (QED) is 0.211. The van der Waals surface area contributed by atoms with Gasteiger partial charge in [0.25, 0.3) is 0 Å². The van der Waals surface area contributed by atoms with Crippen molar-refractivity contribution >= 4 is 17.1 Å². The topological polar surface area (TPSA) is 35.1 Å². The fourth-order valence-corrected chi connectivity index (χ4v) is 4.73. The van der Waals surface area contributed by atoms with E-state index in [1.54, 1.807) is 6.20 Å². The van der Waals surface area contributed by atoms with Crippen LogP contribution >= 0.6 is 0 Å². The van der Waals surface area contributed by atoms with Crippen LogP contribution in [0.1, 0.15) is 19.4 Å². The summed E-state index contributed by atoms with van der Waals surface area (Å²) in [5.41, 5.74) is 6.00. The van der Waals surface area contributed by atoms with Crippen molar-refractivity contribution in [3.05, 3.63) is 123 Å². The summed E-state index contributed by atoms with van der Waals surface area (Å²) in [6, 6.07) is 29.4. The Kier molecular flexibility index (Phi) is 7.52. The second kappa shape index (κ2) is 10.9. The summed E-state index contributed by atoms with van der Waals surface area (Å²) in [6.45, 7) is 8.59. The minimum atomic E-state index is -0.141. The Hall–Kier alpha value is -3.60. The largest absolute Gasteiger partial charge is 4.00 e. The van der Waals surface area contributed by atoms with Gasteiger partial charge in [0, 0.05) is 35.1 Å². The third kappa shape index (κ3) is 5.32. The van der Waals surface area contributed by atoms with E-state index in [4.69, 9.17) is 4.74 Å². The Bertz CT molecular complexity index is 1490. The monoisotopic (exact) mass is 694 g/mol. The molecule has 0 saturated carbocycles. The molecule has 0 fully saturated rings. The number of hydrogen-bond donors (Lipinski definition) is 0. The number of anilines is 3. The molecule has 1 aromatic heterocycles. The average Bonchev–Trinajstić information content (AvgIpc) is 3.38. The molecule has 3 aromatic carbocycles. The molecule has 4 aromatic rings. The zero-order valence-electron chi connectivity index (χ0n) is 22.3. The standard InChI is InChI=1S/C32H29N5O.Pt/c1-32(2)30-12-5-6-13-31(30)37(23-35(32)4)27-17-25(24-9-8-14-33-21-24)18-29(20-27)38-28-11-7-10-26(19-28)36-16-15-34(3)22-36;/h5-18,21-23H,1-4H3;/q-4;+4. The van der Waals surface area contributed by atoms with Gasteiger partial charge in [0.2, 0.25) is 0 Å². The van der Waals surface area contributed by atoms with Gasteiger partial charge in [0.15, 0.2) is 0 Å². The molecule has 0 saturated heterocycles. The summed E-state index contributed by atoms with van der Waals surface area (Å²) in [5.74, 6) is 1.22. The van der Waals surface area contributed by atoms with Crippen LogP contribution in [0.3, 0.4) is 0 Å². The molecule has 0 atom stereocenters. The van der Waals surface area contributed by atoms with Gasteiger partial charge in [0.1, 0.15) is 0 Å². The van der Waals surface area contributed by atoms with Crippen molar-refractivity contribution in [2.75, 3.05) is 23.9 Å². The Morgan fingerprint density at radius 1 is 0.821 bits per heavy atom. The summed E-state index contributed by atoms with van der Waals surface area (Å²) in [5, 5.41) is 0. The van der Waals surface area contributed by atoms with Gasteiger partial charge in [-0.2, -0.15) is 19.4 Å². The van der Waals surface area contributed by atoms with E-state index in [0.29, 0.717) is 11.5 Å². The van der Waals surface area contributed by atoms with Crippen LogP contribution in [0.4, 0.5) is 17.1 Å². The molecule has 0 radical (unpaired) electrons. The fourth-order valence-electron chi connectivity index (χ4n) is 4.73. The second-order valence-electron chi connectivity index (χ2n) is 10.0. The first kappa shape index (κ1) is 27.0. The Morgan fingerprint density at radius 2 is 1.64 bits per heavy atom. The molecule has 3 heterocycles. The Balaban J connectivity index is 0.00000308. The Labute approximate surface area is 245 Å². The Morgan fingerprint density at radius 3 is 2.41 bits per heavy atom. The van der Waals surface area contributed by atoms with Crippen molar-refractivity contribution in [3.8, 4) is 22.6 Å². The van der Waals surface area contributed by atoms with Crippen molar-refractivity contribution < 1.29 is 25.8 Å². The molecular formula is C32H29N5OPt. The first-order chi connectivity index (χ1) is 18.4. The van der Waals surface area contributed by atoms with Crippen molar-refractivity contribution in [1.82, 2.24) is 14.8 Å². The fraction of sp³-hybridized carbons (Fsp3) is 0.156. The number of fused-ring (bicyclic) bond motifs is 1. The maximum Gasteiger partial charge on any atom is 4.00 e. The van der Waals surface area contributed by atoms with Crippen LogP contribution in [-0.2, 0) is 26.6 Å². The van der Waals surface area contributed by atoms with Crippen LogP contribution in [0.5, 0.6) is 11.5 Å². The van der Waals surface area contributed by atoms with Crippen LogP contribution < -0.4 is 14.5 Å². The van der Waals surface area contributed by atoms with Gasteiger partial charge in [-0.05, 0) is 63.6 Å². The van der Waals surface area contributed by atoms with Crippen molar-refractivity contribution in [2.24, 2.45) is 0 Å². The molecular weight excluding hydrogens is 665 g/mol. The molecule has 2 aliphatic heterocycles. The normalized spacial score (nSPS) is 16.2. The van der Waals surface area contributed by atoms with Crippen LogP contribution in [0, 0.1) is 25.5 Å². The molecule has 39 heavy (non-hydrogen) atoms. The minimum absolute atomic E-state index is 0. The van der Waals surface area contributed by atoms with E-state index in [-0.39, 0.29) is 26.6 Å². The third-order valence-corrected chi connectivity index (χ3v) is 7.10. The molecule has 0 unspecified atom stereocenters. The van der Waals surface area contributed by atoms with E-state index < -0.39 is 0 Å². The first-order valence-electron chi connectivity index (χ1n) is 12.6. The zero-order valence-corrected chi connectivity index (χ0v) is 24.5. The van der Waals surface area contributed by atoms with E-state index in [1.165, 1.54) is 5.56 Å². The number of rotatable bonds is 5. The van der Waals surface area contributed by atoms with E-state index in [0.717, 1.165) is 28.2 Å². The molecule has 0 spiro atoms. The maximum absolute atomic E-state index is 6.39. The number of aromatic nitrogens is 1. The van der Waals surface area contributed by atoms with Crippen LogP contribution in [-0.4, -0.2) is 28.9 Å². The average molecular weight is 695 g/mol. The maximum atomic E-state index is 6.39. The molecule has 6 rings (SSSR count). The number of hydrogen-bond acceptors (Lipinski definition) is 6. The van der Waals surface area contributed by atoms with Gasteiger partial charge >= 0.3 is 21.1 Å². The minimum Gasteiger partial charge on any atom is -0.510 e. The van der Waals surface area contributed by atoms with Crippen molar-refractivity contribution in [3.63, 3.8) is 0 Å². The van der Waals surface area contributed by atoms with Crippen LogP contribution in [0.15, 0.2) is 91.5 Å². The molecule has 0 amide bonds. The molecule has 2 aliphatic rings. The van der Waals surface area contributed by atoms with E-state index in [9.17, 15) is 0 Å². The van der Waals surface area contributed by atoms with Crippen LogP contribution in [0.2, 0.25) is 0 Å². The molecule has 7 heteroatoms. The van der Waals surface area contributed by atoms with Crippen LogP contribution in [0.25, 0.3) is 11.1 Å². The second-order valence-corrected chi connectivity index (χ2v) is 10.0. The first-order valence-corrected chi connectivity index (χ1v) is 12.6. The SMILES string of the molecule is CN1C=CN(c2[c-]c(Oc3[c-]c(N4[CH-]N(C)C(C)(C)c5ccccc54)cc(-c4cccnc4)c3)ccc2)[CH-]1.[Pt+4]. The summed E-state index contributed by atoms with van der Waals surface area (Å²) in [4.78, 5) is 12.7. The summed E-state index contributed by atoms with van der Waals surface area (Å²) in [7, 11) is 4.10. The molecule has 0 aliphatic carbocycles. The van der Waals surface area contributed by atoms with E-state index in [1.807, 2.05) is 72.4 Å². The van der Waals surface area contributed by atoms with Gasteiger partial charge < -0.3 is 24.3 Å². The van der Waals surface area contributed by atoms with Gasteiger partial charge in [0.05, 0.1) is 0 Å². The zero-order chi connectivity index (χ0) is 26.3. The molecule has 198 valence electrons.